The van der Waals surface area contributed by atoms with Gasteiger partial charge in [0.05, 0.1) is 34.6 Å². The third-order valence-corrected chi connectivity index (χ3v) is 6.72. The van der Waals surface area contributed by atoms with Gasteiger partial charge in [-0.15, -0.1) is 0 Å². The van der Waals surface area contributed by atoms with Crippen molar-refractivity contribution >= 4 is 11.6 Å². The number of halogens is 3. The first kappa shape index (κ1) is 21.4. The number of carbonyl (C=O) groups excluding carboxylic acids is 1. The molecule has 1 amide bonds. The number of hydrogen-bond donors (Lipinski definition) is 1. The van der Waals surface area contributed by atoms with Crippen LogP contribution in [0.15, 0.2) is 69.9 Å². The molecule has 0 saturated carbocycles. The highest BCUT2D eigenvalue weighted by Gasteiger charge is 2.53. The van der Waals surface area contributed by atoms with E-state index in [1.807, 2.05) is 13.8 Å². The van der Waals surface area contributed by atoms with Crippen LogP contribution in [0.1, 0.15) is 37.8 Å². The molecule has 172 valence electrons. The molecule has 10 heteroatoms. The highest BCUT2D eigenvalue weighted by Crippen LogP contribution is 2.51. The summed E-state index contributed by atoms with van der Waals surface area (Å²) >= 11 is 0. The van der Waals surface area contributed by atoms with Crippen molar-refractivity contribution in [3.63, 3.8) is 0 Å². The van der Waals surface area contributed by atoms with Gasteiger partial charge < -0.3 is 10.2 Å². The van der Waals surface area contributed by atoms with Crippen LogP contribution in [0.4, 0.5) is 18.9 Å². The quantitative estimate of drug-likeness (QED) is 0.734. The molecule has 2 aromatic rings. The number of aromatic nitrogens is 2. The zero-order chi connectivity index (χ0) is 23.4. The average molecular weight is 456 g/mol. The Hall–Kier alpha value is -3.43. The molecule has 1 aromatic heterocycles. The molecule has 0 fully saturated rings. The summed E-state index contributed by atoms with van der Waals surface area (Å²) in [6.45, 7) is 4.94. The summed E-state index contributed by atoms with van der Waals surface area (Å²) in [6, 6.07) is 5.25. The third kappa shape index (κ3) is 3.19. The van der Waals surface area contributed by atoms with Gasteiger partial charge in [-0.1, -0.05) is 25.1 Å². The van der Waals surface area contributed by atoms with E-state index in [2.05, 4.69) is 20.6 Å². The van der Waals surface area contributed by atoms with E-state index in [-0.39, 0.29) is 5.91 Å². The Kier molecular flexibility index (Phi) is 4.91. The molecule has 3 aliphatic rings. The van der Waals surface area contributed by atoms with E-state index < -0.39 is 23.3 Å². The molecule has 0 aliphatic carbocycles. The van der Waals surface area contributed by atoms with Crippen molar-refractivity contribution in [3.8, 4) is 0 Å². The van der Waals surface area contributed by atoms with Crippen LogP contribution in [-0.4, -0.2) is 28.4 Å². The van der Waals surface area contributed by atoms with E-state index in [4.69, 9.17) is 0 Å². The Labute approximate surface area is 188 Å². The minimum Gasteiger partial charge on any atom is -0.362 e. The van der Waals surface area contributed by atoms with E-state index >= 15 is 0 Å². The van der Waals surface area contributed by atoms with Crippen LogP contribution >= 0.6 is 0 Å². The van der Waals surface area contributed by atoms with Gasteiger partial charge in [-0.3, -0.25) is 9.48 Å². The van der Waals surface area contributed by atoms with Crippen LogP contribution < -0.4 is 10.2 Å². The van der Waals surface area contributed by atoms with E-state index in [9.17, 15) is 18.0 Å². The van der Waals surface area contributed by atoms with Gasteiger partial charge in [-0.2, -0.15) is 28.5 Å². The molecule has 0 spiro atoms. The number of azo groups is 1. The second kappa shape index (κ2) is 7.57. The second-order valence-corrected chi connectivity index (χ2v) is 8.31. The van der Waals surface area contributed by atoms with E-state index in [1.165, 1.54) is 6.07 Å². The van der Waals surface area contributed by atoms with Gasteiger partial charge >= 0.3 is 6.18 Å². The number of fused-ring (bicyclic) bond motifs is 1. The fourth-order valence-electron chi connectivity index (χ4n) is 5.12. The lowest BCUT2D eigenvalue weighted by molar-refractivity contribution is -0.137. The third-order valence-electron chi connectivity index (χ3n) is 6.72. The first-order valence-electron chi connectivity index (χ1n) is 10.9. The highest BCUT2D eigenvalue weighted by atomic mass is 19.4. The average Bonchev–Trinajstić information content (AvgIpc) is 3.47. The number of carbonyl (C=O) groups is 1. The Morgan fingerprint density at radius 2 is 2.09 bits per heavy atom. The topological polar surface area (TPSA) is 74.9 Å². The fourth-order valence-corrected chi connectivity index (χ4v) is 5.12. The highest BCUT2D eigenvalue weighted by molar-refractivity contribution is 6.09. The molecular formula is C23H23F3N6O. The Bertz CT molecular complexity index is 1210. The summed E-state index contributed by atoms with van der Waals surface area (Å²) in [5.41, 5.74) is 1.10. The normalized spacial score (nSPS) is 24.5. The number of aryl methyl sites for hydroxylation is 1. The second-order valence-electron chi connectivity index (χ2n) is 8.31. The summed E-state index contributed by atoms with van der Waals surface area (Å²) in [6.07, 6.45) is 0.940. The molecular weight excluding hydrogens is 433 g/mol. The summed E-state index contributed by atoms with van der Waals surface area (Å²) in [5, 5.41) is 15.9. The minimum absolute atomic E-state index is 0.245. The van der Waals surface area contributed by atoms with Gasteiger partial charge in [0, 0.05) is 37.0 Å². The number of hydrogen-bond acceptors (Lipinski definition) is 5. The Morgan fingerprint density at radius 1 is 1.27 bits per heavy atom. The van der Waals surface area contributed by atoms with Crippen LogP contribution in [0.25, 0.3) is 0 Å². The van der Waals surface area contributed by atoms with Gasteiger partial charge in [0.25, 0.3) is 5.91 Å². The number of rotatable bonds is 4. The van der Waals surface area contributed by atoms with Crippen molar-refractivity contribution in [2.24, 2.45) is 10.2 Å². The van der Waals surface area contributed by atoms with Gasteiger partial charge in [-0.25, -0.2) is 0 Å². The number of nitrogens with zero attached hydrogens (tertiary/aromatic N) is 5. The van der Waals surface area contributed by atoms with Crippen molar-refractivity contribution in [1.82, 2.24) is 15.1 Å². The number of anilines is 1. The van der Waals surface area contributed by atoms with Crippen molar-refractivity contribution in [2.75, 3.05) is 11.4 Å². The molecule has 0 saturated heterocycles. The Morgan fingerprint density at radius 3 is 2.79 bits per heavy atom. The molecule has 3 aliphatic heterocycles. The molecule has 33 heavy (non-hydrogen) atoms. The maximum Gasteiger partial charge on any atom is 0.416 e. The zero-order valence-corrected chi connectivity index (χ0v) is 18.2. The molecule has 0 bridgehead atoms. The number of benzene rings is 1. The zero-order valence-electron chi connectivity index (χ0n) is 18.2. The van der Waals surface area contributed by atoms with Crippen LogP contribution in [0, 0.1) is 0 Å². The largest absolute Gasteiger partial charge is 0.416 e. The molecule has 2 atom stereocenters. The van der Waals surface area contributed by atoms with Crippen LogP contribution in [0.3, 0.4) is 0 Å². The number of nitrogens with one attached hydrogen (secondary N) is 1. The maximum atomic E-state index is 14.0. The lowest BCUT2D eigenvalue weighted by Crippen LogP contribution is -2.54. The van der Waals surface area contributed by atoms with Gasteiger partial charge in [-0.05, 0) is 25.0 Å². The van der Waals surface area contributed by atoms with Crippen LogP contribution in [0.2, 0.25) is 0 Å². The first-order valence-corrected chi connectivity index (χ1v) is 10.9. The molecule has 1 unspecified atom stereocenters. The predicted octanol–water partition coefficient (Wildman–Crippen LogP) is 4.54. The molecule has 0 radical (unpaired) electrons. The predicted molar refractivity (Wildman–Crippen MR) is 115 cm³/mol. The summed E-state index contributed by atoms with van der Waals surface area (Å²) in [5.74, 6) is -0.245. The Balaban J connectivity index is 1.69. The molecule has 1 aromatic carbocycles. The van der Waals surface area contributed by atoms with Crippen molar-refractivity contribution in [3.05, 3.63) is 70.8 Å². The summed E-state index contributed by atoms with van der Waals surface area (Å²) < 4.78 is 42.5. The van der Waals surface area contributed by atoms with Crippen molar-refractivity contribution in [1.29, 1.82) is 0 Å². The van der Waals surface area contributed by atoms with Crippen LogP contribution in [-0.2, 0) is 22.9 Å². The monoisotopic (exact) mass is 456 g/mol. The molecule has 1 N–H and O–H groups in total. The fraction of sp³-hybridized carbons (Fsp3) is 0.391. The lowest BCUT2D eigenvalue weighted by Gasteiger charge is -2.47. The standard InChI is InChI=1S/C23H23F3N6O/c1-3-22(14-6-5-7-15(10-14)23(24,25)26)17-12-27-30-20(17)29-18-8-9-32(21(33)19(18)22)16-11-28-31(4-2)13-16/h5-7,10-13,20,29H,3-4,8-9H2,1-2H3/t20?,22-/m1/s1. The smallest absolute Gasteiger partial charge is 0.362 e. The van der Waals surface area contributed by atoms with Crippen molar-refractivity contribution in [2.45, 2.75) is 51.0 Å². The SMILES string of the molecule is CCn1cc(N2CCC3=C(C2=O)[C@](CC)(c2cccc(C(F)(F)F)c2)C2=CN=NC2N3)cn1. The number of alkyl halides is 3. The lowest BCUT2D eigenvalue weighted by atomic mass is 9.62. The van der Waals surface area contributed by atoms with E-state index in [0.29, 0.717) is 54.0 Å². The molecule has 4 heterocycles. The maximum absolute atomic E-state index is 14.0. The minimum atomic E-state index is -4.50. The summed E-state index contributed by atoms with van der Waals surface area (Å²) in [7, 11) is 0. The van der Waals surface area contributed by atoms with Gasteiger partial charge in [0.2, 0.25) is 0 Å². The van der Waals surface area contributed by atoms with Gasteiger partial charge in [0.1, 0.15) is 0 Å². The van der Waals surface area contributed by atoms with Crippen molar-refractivity contribution < 1.29 is 18.0 Å². The van der Waals surface area contributed by atoms with Gasteiger partial charge in [0.15, 0.2) is 6.17 Å². The summed E-state index contributed by atoms with van der Waals surface area (Å²) in [4.78, 5) is 15.6. The molecule has 7 nitrogen and oxygen atoms in total. The first-order chi connectivity index (χ1) is 15.8. The molecule has 5 rings (SSSR count). The number of amides is 1. The van der Waals surface area contributed by atoms with E-state index in [0.717, 1.165) is 12.1 Å². The van der Waals surface area contributed by atoms with E-state index in [1.54, 1.807) is 34.2 Å². The van der Waals surface area contributed by atoms with Crippen LogP contribution in [0.5, 0.6) is 0 Å².